The number of hydrogen-bond acceptors (Lipinski definition) is 7. The van der Waals surface area contributed by atoms with Gasteiger partial charge in [-0.25, -0.2) is 0 Å². The average molecular weight is 608 g/mol. The first-order valence-corrected chi connectivity index (χ1v) is 16.3. The van der Waals surface area contributed by atoms with Crippen LogP contribution in [0.2, 0.25) is 0 Å². The summed E-state index contributed by atoms with van der Waals surface area (Å²) in [7, 11) is 5.59. The molecule has 242 valence electrons. The van der Waals surface area contributed by atoms with E-state index in [1.54, 1.807) is 19.0 Å². The molecule has 9 heteroatoms. The first kappa shape index (κ1) is 32.7. The number of amides is 2. The van der Waals surface area contributed by atoms with E-state index < -0.39 is 24.2 Å². The van der Waals surface area contributed by atoms with Gasteiger partial charge < -0.3 is 26.4 Å². The summed E-state index contributed by atoms with van der Waals surface area (Å²) in [6, 6.07) is 5.45. The molecule has 6 rings (SSSR count). The van der Waals surface area contributed by atoms with Gasteiger partial charge in [-0.05, 0) is 103 Å². The van der Waals surface area contributed by atoms with Crippen LogP contribution in [0.15, 0.2) is 35.4 Å². The molecule has 0 radical (unpaired) electrons. The van der Waals surface area contributed by atoms with Crippen molar-refractivity contribution < 1.29 is 19.5 Å². The Kier molecular flexibility index (Phi) is 9.34. The minimum atomic E-state index is -0.759. The second-order valence-corrected chi connectivity index (χ2v) is 14.4. The van der Waals surface area contributed by atoms with Gasteiger partial charge in [0.2, 0.25) is 5.91 Å². The van der Waals surface area contributed by atoms with Gasteiger partial charge in [-0.15, -0.1) is 0 Å². The molecule has 0 aromatic heterocycles. The molecule has 5 aliphatic rings. The summed E-state index contributed by atoms with van der Waals surface area (Å²) in [5.41, 5.74) is 12.4. The van der Waals surface area contributed by atoms with Gasteiger partial charge in [0.25, 0.3) is 5.91 Å². The Bertz CT molecular complexity index is 1330. The number of rotatable bonds is 9. The van der Waals surface area contributed by atoms with Gasteiger partial charge in [0.15, 0.2) is 0 Å². The maximum atomic E-state index is 14.1. The number of aliphatic hydroxyl groups is 1. The van der Waals surface area contributed by atoms with Gasteiger partial charge in [0.05, 0.1) is 12.2 Å². The minimum Gasteiger partial charge on any atom is -0.393 e. The lowest BCUT2D eigenvalue weighted by atomic mass is 9.45. The number of anilines is 1. The number of hydroxylamine groups is 2. The lowest BCUT2D eigenvalue weighted by molar-refractivity contribution is -0.166. The predicted octanol–water partition coefficient (Wildman–Crippen LogP) is 3.73. The summed E-state index contributed by atoms with van der Waals surface area (Å²) < 4.78 is 0. The number of fused-ring (bicyclic) bond motifs is 2. The second-order valence-electron chi connectivity index (χ2n) is 14.4. The molecule has 0 spiro atoms. The highest BCUT2D eigenvalue weighted by Crippen LogP contribution is 2.61. The topological polar surface area (TPSA) is 120 Å². The van der Waals surface area contributed by atoms with Gasteiger partial charge in [0.1, 0.15) is 6.04 Å². The second kappa shape index (κ2) is 12.6. The average Bonchev–Trinajstić information content (AvgIpc) is 3.36. The fourth-order valence-corrected chi connectivity index (χ4v) is 8.49. The van der Waals surface area contributed by atoms with Crippen molar-refractivity contribution in [2.24, 2.45) is 34.8 Å². The van der Waals surface area contributed by atoms with E-state index in [9.17, 15) is 14.7 Å². The van der Waals surface area contributed by atoms with Gasteiger partial charge in [0, 0.05) is 57.4 Å². The van der Waals surface area contributed by atoms with E-state index in [1.807, 2.05) is 31.1 Å². The number of nitrogens with zero attached hydrogens (tertiary/aromatic N) is 2. The Morgan fingerprint density at radius 3 is 2.55 bits per heavy atom. The fourth-order valence-electron chi connectivity index (χ4n) is 8.49. The first-order valence-electron chi connectivity index (χ1n) is 16.3. The summed E-state index contributed by atoms with van der Waals surface area (Å²) in [5, 5.41) is 18.8. The number of carbonyl (C=O) groups is 2. The molecular weight excluding hydrogens is 554 g/mol. The highest BCUT2D eigenvalue weighted by molar-refractivity contribution is 5.96. The molecule has 8 atom stereocenters. The Hall–Kier alpha value is -2.72. The number of benzene rings is 1. The highest BCUT2D eigenvalue weighted by atomic mass is 16.7. The van der Waals surface area contributed by atoms with Crippen LogP contribution in [0.5, 0.6) is 0 Å². The van der Waals surface area contributed by atoms with Crippen molar-refractivity contribution in [1.29, 1.82) is 0 Å². The van der Waals surface area contributed by atoms with Gasteiger partial charge in [-0.2, -0.15) is 5.06 Å². The third kappa shape index (κ3) is 5.84. The molecule has 1 aromatic carbocycles. The summed E-state index contributed by atoms with van der Waals surface area (Å²) in [5.74, 6) is 0.989. The Balaban J connectivity index is 1.41. The van der Waals surface area contributed by atoms with Crippen molar-refractivity contribution in [1.82, 2.24) is 15.7 Å². The number of aliphatic hydroxyl groups excluding tert-OH is 1. The molecule has 1 saturated heterocycles. The van der Waals surface area contributed by atoms with Crippen LogP contribution in [0.4, 0.5) is 5.69 Å². The van der Waals surface area contributed by atoms with E-state index in [1.165, 1.54) is 12.0 Å². The van der Waals surface area contributed by atoms with E-state index in [2.05, 4.69) is 50.5 Å². The molecule has 1 aromatic rings. The molecule has 0 unspecified atom stereocenters. The molecular formula is C35H53N5O4. The SMILES string of the molecule is CNC(=O)c1cc(C2=C(C)C(CN3O[C@@H](CN)[C@@H]([C@H](C)O)[C@H]3C(=O)N[C@H]3C[C@H]4C[C@@H]([C@@H]3C)C4(C)C)=CCC2)cc(N(C)C)c1. The lowest BCUT2D eigenvalue weighted by Gasteiger charge is -2.62. The lowest BCUT2D eigenvalue weighted by Crippen LogP contribution is -2.62. The van der Waals surface area contributed by atoms with Crippen LogP contribution in [-0.2, 0) is 9.63 Å². The largest absolute Gasteiger partial charge is 0.393 e. The van der Waals surface area contributed by atoms with E-state index >= 15 is 0 Å². The van der Waals surface area contributed by atoms with E-state index in [-0.39, 0.29) is 24.4 Å². The maximum absolute atomic E-state index is 14.1. The smallest absolute Gasteiger partial charge is 0.251 e. The molecule has 44 heavy (non-hydrogen) atoms. The van der Waals surface area contributed by atoms with Crippen LogP contribution in [-0.4, -0.2) is 80.5 Å². The number of allylic oxidation sites excluding steroid dienone is 2. The van der Waals surface area contributed by atoms with Gasteiger partial charge >= 0.3 is 0 Å². The zero-order valence-electron chi connectivity index (χ0n) is 27.8. The summed E-state index contributed by atoms with van der Waals surface area (Å²) >= 11 is 0. The zero-order valence-corrected chi connectivity index (χ0v) is 27.8. The van der Waals surface area contributed by atoms with Gasteiger partial charge in [-0.3, -0.25) is 14.4 Å². The summed E-state index contributed by atoms with van der Waals surface area (Å²) in [6.07, 6.45) is 4.93. The fraction of sp³-hybridized carbons (Fsp3) is 0.657. The number of hydrogen-bond donors (Lipinski definition) is 4. The van der Waals surface area contributed by atoms with Crippen LogP contribution in [0.25, 0.3) is 5.57 Å². The summed E-state index contributed by atoms with van der Waals surface area (Å²) in [6.45, 7) is 11.5. The van der Waals surface area contributed by atoms with Crippen LogP contribution in [0, 0.1) is 29.1 Å². The van der Waals surface area contributed by atoms with Crippen molar-refractivity contribution in [3.63, 3.8) is 0 Å². The standard InChI is InChI=1S/C35H53N5O4/c1-19-22(10-9-11-27(19)23-12-24(33(42)37-6)14-26(13-23)39(7)8)18-40-32(31(21(3)41)30(17-36)44-40)34(43)38-29-16-25-15-28(20(29)2)35(25,4)5/h10,12-14,20-21,25,28-32,41H,9,11,15-18,36H2,1-8H3,(H,37,42)(H,38,43)/t20-,21-,25+,28-,29-,30-,31+,32-/m0/s1. The van der Waals surface area contributed by atoms with Crippen molar-refractivity contribution >= 4 is 23.1 Å². The minimum absolute atomic E-state index is 0.0880. The Morgan fingerprint density at radius 1 is 1.23 bits per heavy atom. The monoisotopic (exact) mass is 607 g/mol. The van der Waals surface area contributed by atoms with Crippen molar-refractivity contribution in [3.05, 3.63) is 46.5 Å². The highest BCUT2D eigenvalue weighted by Gasteiger charge is 2.57. The van der Waals surface area contributed by atoms with Crippen molar-refractivity contribution in [2.45, 2.75) is 84.6 Å². The first-order chi connectivity index (χ1) is 20.8. The molecule has 2 bridgehead atoms. The summed E-state index contributed by atoms with van der Waals surface area (Å²) in [4.78, 5) is 35.1. The number of nitrogens with one attached hydrogen (secondary N) is 2. The van der Waals surface area contributed by atoms with Crippen molar-refractivity contribution in [3.8, 4) is 0 Å². The van der Waals surface area contributed by atoms with E-state index in [0.29, 0.717) is 35.3 Å². The quantitative estimate of drug-likeness (QED) is 0.338. The normalized spacial score (nSPS) is 32.0. The molecule has 3 saturated carbocycles. The van der Waals surface area contributed by atoms with Crippen molar-refractivity contribution in [2.75, 3.05) is 39.1 Å². The molecule has 5 N–H and O–H groups in total. The molecule has 4 fully saturated rings. The number of carbonyl (C=O) groups excluding carboxylic acids is 2. The molecule has 2 amide bonds. The predicted molar refractivity (Wildman–Crippen MR) is 175 cm³/mol. The maximum Gasteiger partial charge on any atom is 0.251 e. The van der Waals surface area contributed by atoms with Crippen LogP contribution < -0.4 is 21.3 Å². The molecule has 9 nitrogen and oxygen atoms in total. The van der Waals surface area contributed by atoms with Gasteiger partial charge in [-0.1, -0.05) is 26.8 Å². The molecule has 4 aliphatic carbocycles. The van der Waals surface area contributed by atoms with Crippen LogP contribution in [0.3, 0.4) is 0 Å². The molecule has 1 aliphatic heterocycles. The molecule has 1 heterocycles. The third-order valence-corrected chi connectivity index (χ3v) is 11.4. The number of nitrogens with two attached hydrogens (primary N) is 1. The third-order valence-electron chi connectivity index (χ3n) is 11.4. The van der Waals surface area contributed by atoms with E-state index in [0.717, 1.165) is 41.7 Å². The van der Waals surface area contributed by atoms with Crippen LogP contribution in [0.1, 0.15) is 76.2 Å². The van der Waals surface area contributed by atoms with Crippen LogP contribution >= 0.6 is 0 Å². The van der Waals surface area contributed by atoms with E-state index in [4.69, 9.17) is 10.6 Å². The zero-order chi connectivity index (χ0) is 32.1. The Morgan fingerprint density at radius 2 is 1.95 bits per heavy atom. The Labute approximate surface area is 263 Å².